The molecule has 0 spiro atoms. The molecule has 0 aliphatic carbocycles. The second-order valence-corrected chi connectivity index (χ2v) is 2.73. The average Bonchev–Trinajstić information content (AvgIpc) is 1.86. The van der Waals surface area contributed by atoms with E-state index in [2.05, 4.69) is 0 Å². The van der Waals surface area contributed by atoms with Crippen LogP contribution in [0, 0.1) is 5.92 Å². The summed E-state index contributed by atoms with van der Waals surface area (Å²) >= 11 is 0. The molecule has 11 heavy (non-hydrogen) atoms. The highest BCUT2D eigenvalue weighted by molar-refractivity contribution is 5.75. The molecule has 0 saturated carbocycles. The van der Waals surface area contributed by atoms with Crippen LogP contribution in [0.4, 0.5) is 8.78 Å². The topological polar surface area (TPSA) is 37.3 Å². The highest BCUT2D eigenvalue weighted by Gasteiger charge is 2.39. The summed E-state index contributed by atoms with van der Waals surface area (Å²) in [4.78, 5) is 9.92. The van der Waals surface area contributed by atoms with Gasteiger partial charge in [0, 0.05) is 6.42 Å². The minimum atomic E-state index is -3.56. The molecule has 66 valence electrons. The molecule has 0 bridgehead atoms. The Bertz CT molecular complexity index is 145. The number of carboxylic acids is 1. The number of carbonyl (C=O) groups is 1. The van der Waals surface area contributed by atoms with Gasteiger partial charge >= 0.3 is 11.9 Å². The van der Waals surface area contributed by atoms with Crippen molar-refractivity contribution in [2.75, 3.05) is 0 Å². The Morgan fingerprint density at radius 2 is 2.09 bits per heavy atom. The number of alkyl halides is 2. The quantitative estimate of drug-likeness (QED) is 0.694. The Balaban J connectivity index is 4.01. The van der Waals surface area contributed by atoms with Crippen molar-refractivity contribution >= 4 is 5.97 Å². The number of carboxylic acid groups (broad SMARTS) is 1. The lowest BCUT2D eigenvalue weighted by molar-refractivity contribution is -0.167. The molecule has 0 unspecified atom stereocenters. The number of halogens is 2. The Kier molecular flexibility index (Phi) is 3.42. The largest absolute Gasteiger partial charge is 0.477 e. The van der Waals surface area contributed by atoms with Crippen LogP contribution in [0.15, 0.2) is 0 Å². The summed E-state index contributed by atoms with van der Waals surface area (Å²) in [7, 11) is 0. The standard InChI is InChI=1S/C7H12F2O2/c1-3-5(2)4-7(8,9)6(10)11/h5H,3-4H2,1-2H3,(H,10,11)/t5-/m0/s1. The molecule has 0 aliphatic rings. The van der Waals surface area contributed by atoms with Gasteiger partial charge in [-0.1, -0.05) is 20.3 Å². The molecule has 0 saturated heterocycles. The second-order valence-electron chi connectivity index (χ2n) is 2.73. The van der Waals surface area contributed by atoms with Crippen molar-refractivity contribution in [3.63, 3.8) is 0 Å². The minimum absolute atomic E-state index is 0.249. The lowest BCUT2D eigenvalue weighted by Gasteiger charge is -2.14. The first kappa shape index (κ1) is 10.3. The predicted molar refractivity (Wildman–Crippen MR) is 36.7 cm³/mol. The molecular weight excluding hydrogens is 154 g/mol. The van der Waals surface area contributed by atoms with Crippen LogP contribution in [-0.2, 0) is 4.79 Å². The van der Waals surface area contributed by atoms with Gasteiger partial charge in [-0.3, -0.25) is 0 Å². The van der Waals surface area contributed by atoms with E-state index in [0.717, 1.165) is 0 Å². The van der Waals surface area contributed by atoms with Crippen molar-refractivity contribution in [2.24, 2.45) is 5.92 Å². The maximum absolute atomic E-state index is 12.4. The van der Waals surface area contributed by atoms with Gasteiger partial charge in [0.05, 0.1) is 0 Å². The van der Waals surface area contributed by atoms with E-state index in [-0.39, 0.29) is 5.92 Å². The van der Waals surface area contributed by atoms with E-state index in [4.69, 9.17) is 5.11 Å². The summed E-state index contributed by atoms with van der Waals surface area (Å²) < 4.78 is 24.8. The maximum atomic E-state index is 12.4. The lowest BCUT2D eigenvalue weighted by atomic mass is 10.0. The molecule has 0 aromatic heterocycles. The van der Waals surface area contributed by atoms with Crippen molar-refractivity contribution in [1.82, 2.24) is 0 Å². The third-order valence-corrected chi connectivity index (χ3v) is 1.61. The fourth-order valence-electron chi connectivity index (χ4n) is 0.669. The zero-order valence-corrected chi connectivity index (χ0v) is 6.60. The van der Waals surface area contributed by atoms with Gasteiger partial charge in [-0.15, -0.1) is 0 Å². The monoisotopic (exact) mass is 166 g/mol. The van der Waals surface area contributed by atoms with Crippen LogP contribution < -0.4 is 0 Å². The lowest BCUT2D eigenvalue weighted by Crippen LogP contribution is -2.30. The van der Waals surface area contributed by atoms with E-state index < -0.39 is 18.3 Å². The van der Waals surface area contributed by atoms with E-state index in [1.54, 1.807) is 13.8 Å². The number of hydrogen-bond donors (Lipinski definition) is 1. The van der Waals surface area contributed by atoms with Crippen LogP contribution >= 0.6 is 0 Å². The zero-order valence-electron chi connectivity index (χ0n) is 6.60. The first-order valence-corrected chi connectivity index (χ1v) is 3.51. The van der Waals surface area contributed by atoms with Gasteiger partial charge in [-0.2, -0.15) is 8.78 Å². The third-order valence-electron chi connectivity index (χ3n) is 1.61. The van der Waals surface area contributed by atoms with Crippen molar-refractivity contribution in [2.45, 2.75) is 32.6 Å². The van der Waals surface area contributed by atoms with E-state index in [9.17, 15) is 13.6 Å². The summed E-state index contributed by atoms with van der Waals surface area (Å²) in [6.45, 7) is 3.36. The van der Waals surface area contributed by atoms with Gasteiger partial charge in [-0.25, -0.2) is 4.79 Å². The van der Waals surface area contributed by atoms with E-state index in [0.29, 0.717) is 6.42 Å². The first-order chi connectivity index (χ1) is 4.90. The molecule has 0 aliphatic heterocycles. The van der Waals surface area contributed by atoms with E-state index in [1.165, 1.54) is 0 Å². The highest BCUT2D eigenvalue weighted by atomic mass is 19.3. The van der Waals surface area contributed by atoms with Crippen LogP contribution in [0.1, 0.15) is 26.7 Å². The van der Waals surface area contributed by atoms with E-state index >= 15 is 0 Å². The molecule has 4 heteroatoms. The fourth-order valence-corrected chi connectivity index (χ4v) is 0.669. The molecule has 2 nitrogen and oxygen atoms in total. The molecule has 0 aromatic carbocycles. The van der Waals surface area contributed by atoms with Crippen LogP contribution in [0.2, 0.25) is 0 Å². The average molecular weight is 166 g/mol. The molecule has 0 aromatic rings. The summed E-state index contributed by atoms with van der Waals surface area (Å²) in [6, 6.07) is 0. The second kappa shape index (κ2) is 3.64. The number of rotatable bonds is 4. The Morgan fingerprint density at radius 1 is 1.64 bits per heavy atom. The molecule has 1 N–H and O–H groups in total. The van der Waals surface area contributed by atoms with Crippen LogP contribution in [0.5, 0.6) is 0 Å². The highest BCUT2D eigenvalue weighted by Crippen LogP contribution is 2.24. The summed E-state index contributed by atoms with van der Waals surface area (Å²) in [5.74, 6) is -5.84. The summed E-state index contributed by atoms with van der Waals surface area (Å²) in [6.07, 6.45) is 0.00169. The van der Waals surface area contributed by atoms with Crippen LogP contribution in [0.3, 0.4) is 0 Å². The zero-order chi connectivity index (χ0) is 9.07. The number of aliphatic carboxylic acids is 1. The Morgan fingerprint density at radius 3 is 2.36 bits per heavy atom. The minimum Gasteiger partial charge on any atom is -0.477 e. The summed E-state index contributed by atoms with van der Waals surface area (Å²) in [5, 5.41) is 8.04. The van der Waals surface area contributed by atoms with Gasteiger partial charge in [0.1, 0.15) is 0 Å². The number of hydrogen-bond acceptors (Lipinski definition) is 1. The molecule has 0 radical (unpaired) electrons. The van der Waals surface area contributed by atoms with Gasteiger partial charge < -0.3 is 5.11 Å². The SMILES string of the molecule is CC[C@H](C)CC(F)(F)C(=O)O. The molecule has 1 atom stereocenters. The Hall–Kier alpha value is -0.670. The molecule has 0 rings (SSSR count). The van der Waals surface area contributed by atoms with Crippen molar-refractivity contribution in [1.29, 1.82) is 0 Å². The smallest absolute Gasteiger partial charge is 0.374 e. The summed E-state index contributed by atoms with van der Waals surface area (Å²) in [5.41, 5.74) is 0. The molecule has 0 fully saturated rings. The van der Waals surface area contributed by atoms with E-state index in [1.807, 2.05) is 0 Å². The van der Waals surface area contributed by atoms with Crippen molar-refractivity contribution in [3.05, 3.63) is 0 Å². The molecular formula is C7H12F2O2. The predicted octanol–water partition coefficient (Wildman–Crippen LogP) is 2.14. The first-order valence-electron chi connectivity index (χ1n) is 3.51. The van der Waals surface area contributed by atoms with Crippen molar-refractivity contribution < 1.29 is 18.7 Å². The normalized spacial score (nSPS) is 14.5. The third kappa shape index (κ3) is 3.30. The van der Waals surface area contributed by atoms with Crippen LogP contribution in [0.25, 0.3) is 0 Å². The molecule has 0 amide bonds. The van der Waals surface area contributed by atoms with Gasteiger partial charge in [0.2, 0.25) is 0 Å². The fraction of sp³-hybridized carbons (Fsp3) is 0.857. The maximum Gasteiger partial charge on any atom is 0.374 e. The van der Waals surface area contributed by atoms with Gasteiger partial charge in [-0.05, 0) is 5.92 Å². The molecule has 0 heterocycles. The Labute approximate surface area is 64.2 Å². The van der Waals surface area contributed by atoms with Crippen LogP contribution in [-0.4, -0.2) is 17.0 Å². The van der Waals surface area contributed by atoms with Gasteiger partial charge in [0.15, 0.2) is 0 Å². The van der Waals surface area contributed by atoms with Crippen molar-refractivity contribution in [3.8, 4) is 0 Å². The van der Waals surface area contributed by atoms with Gasteiger partial charge in [0.25, 0.3) is 0 Å².